The van der Waals surface area contributed by atoms with Gasteiger partial charge in [0.05, 0.1) is 7.98 Å². The van der Waals surface area contributed by atoms with Crippen molar-refractivity contribution in [3.8, 4) is 0 Å². The molecule has 0 aliphatic carbocycles. The molecule has 9 heteroatoms. The smallest absolute Gasteiger partial charge is 0.321 e. The predicted octanol–water partition coefficient (Wildman–Crippen LogP) is 0.796. The Morgan fingerprint density at radius 2 is 2.53 bits per heavy atom. The number of carbonyl (C=O) groups excluding carboxylic acids is 1. The van der Waals surface area contributed by atoms with Crippen molar-refractivity contribution in [1.82, 2.24) is 10.1 Å². The van der Waals surface area contributed by atoms with Gasteiger partial charge in [-0.2, -0.15) is 4.98 Å². The molecule has 0 radical (unpaired) electrons. The lowest BCUT2D eigenvalue weighted by Gasteiger charge is -2.28. The molecular weight excluding hydrogens is 258 g/mol. The summed E-state index contributed by atoms with van der Waals surface area (Å²) in [5.41, 5.74) is -3.61. The lowest BCUT2D eigenvalue weighted by atomic mass is 9.84. The largest absolute Gasteiger partial charge is 0.465 e. The fourth-order valence-corrected chi connectivity index (χ4v) is 1.12. The average molecular weight is 280 g/mol. The van der Waals surface area contributed by atoms with Crippen LogP contribution in [0.4, 0.5) is 0 Å². The minimum atomic E-state index is -3.97. The van der Waals surface area contributed by atoms with Gasteiger partial charge in [-0.05, 0) is 20.6 Å². The summed E-state index contributed by atoms with van der Waals surface area (Å²) in [7, 11) is 0. The molecule has 19 heavy (non-hydrogen) atoms. The molecule has 0 aliphatic heterocycles. The first-order valence-electron chi connectivity index (χ1n) is 8.46. The highest BCUT2D eigenvalue weighted by atomic mass is 17.0. The van der Waals surface area contributed by atoms with E-state index in [1.165, 1.54) is 13.8 Å². The summed E-state index contributed by atoms with van der Waals surface area (Å²) < 4.78 is 62.9. The quantitative estimate of drug-likeness (QED) is 0.426. The second kappa shape index (κ2) is 5.63. The molecule has 1 aromatic rings. The van der Waals surface area contributed by atoms with E-state index in [2.05, 4.69) is 24.2 Å². The highest BCUT2D eigenvalue weighted by Crippen LogP contribution is 2.29. The zero-order valence-electron chi connectivity index (χ0n) is 17.0. The van der Waals surface area contributed by atoms with Gasteiger partial charge in [-0.1, -0.05) is 5.16 Å². The first-order chi connectivity index (χ1) is 11.6. The summed E-state index contributed by atoms with van der Waals surface area (Å²) in [6.45, 7) is -5.47. The zero-order chi connectivity index (χ0) is 20.6. The maximum atomic E-state index is 12.6. The van der Waals surface area contributed by atoms with E-state index < -0.39 is 48.7 Å². The van der Waals surface area contributed by atoms with Crippen molar-refractivity contribution in [2.45, 2.75) is 39.0 Å². The molecule has 9 nitrogen and oxygen atoms in total. The Kier molecular flexibility index (Phi) is 2.20. The molecule has 0 fully saturated rings. The van der Waals surface area contributed by atoms with Crippen LogP contribution in [0.15, 0.2) is 4.52 Å². The van der Waals surface area contributed by atoms with E-state index in [1.54, 1.807) is 0 Å². The van der Waals surface area contributed by atoms with Crippen LogP contribution in [0.3, 0.4) is 0 Å². The summed E-state index contributed by atoms with van der Waals surface area (Å²) in [4.78, 5) is 31.0. The third-order valence-corrected chi connectivity index (χ3v) is 1.95. The van der Waals surface area contributed by atoms with Crippen LogP contribution in [-0.4, -0.2) is 33.9 Å². The van der Waals surface area contributed by atoms with Crippen molar-refractivity contribution in [3.63, 3.8) is 0 Å². The number of carbonyl (C=O) groups is 1. The Morgan fingerprint density at radius 1 is 1.79 bits per heavy atom. The van der Waals surface area contributed by atoms with Gasteiger partial charge in [0.2, 0.25) is 5.89 Å². The monoisotopic (exact) mass is 280 g/mol. The zero-order valence-corrected chi connectivity index (χ0v) is 10.00. The Hall–Kier alpha value is -2.19. The van der Waals surface area contributed by atoms with Gasteiger partial charge in [0, 0.05) is 15.1 Å². The van der Waals surface area contributed by atoms with Crippen molar-refractivity contribution in [2.24, 2.45) is 0 Å². The molecule has 106 valence electrons. The molecule has 1 rings (SSSR count). The number of aromatic nitrogens is 2. The summed E-state index contributed by atoms with van der Waals surface area (Å²) >= 11 is 0. The molecule has 0 saturated carbocycles. The van der Waals surface area contributed by atoms with Gasteiger partial charge < -0.3 is 14.1 Å². The van der Waals surface area contributed by atoms with Gasteiger partial charge in [0.25, 0.3) is 5.09 Å². The topological polar surface area (TPSA) is 118 Å². The number of hydrogen-bond acceptors (Lipinski definition) is 8. The fraction of sp³-hybridized carbons (Fsp3) is 0.700. The van der Waals surface area contributed by atoms with Crippen molar-refractivity contribution in [1.29, 1.82) is 0 Å². The molecular formula is C10H15N3O6. The second-order valence-corrected chi connectivity index (χ2v) is 3.25. The van der Waals surface area contributed by atoms with Crippen LogP contribution in [0.1, 0.15) is 41.9 Å². The minimum Gasteiger partial charge on any atom is -0.465 e. The van der Waals surface area contributed by atoms with Crippen LogP contribution >= 0.6 is 0 Å². The molecule has 1 heterocycles. The van der Waals surface area contributed by atoms with E-state index in [-0.39, 0.29) is 5.89 Å². The third-order valence-electron chi connectivity index (χ3n) is 1.95. The molecule has 2 unspecified atom stereocenters. The van der Waals surface area contributed by atoms with Crippen molar-refractivity contribution in [3.05, 3.63) is 21.8 Å². The molecule has 0 spiro atoms. The number of esters is 1. The first-order valence-corrected chi connectivity index (χ1v) is 4.96. The maximum absolute atomic E-state index is 12.6. The lowest BCUT2D eigenvalue weighted by molar-refractivity contribution is -0.769. The van der Waals surface area contributed by atoms with Crippen LogP contribution < -0.4 is 0 Å². The van der Waals surface area contributed by atoms with E-state index in [0.717, 1.165) is 0 Å². The summed E-state index contributed by atoms with van der Waals surface area (Å²) in [6.07, 6.45) is -3.97. The normalized spacial score (nSPS) is 23.8. The van der Waals surface area contributed by atoms with E-state index >= 15 is 0 Å². The maximum Gasteiger partial charge on any atom is 0.321 e. The molecule has 0 saturated heterocycles. The average Bonchev–Trinajstić information content (AvgIpc) is 2.82. The van der Waals surface area contributed by atoms with Gasteiger partial charge >= 0.3 is 5.97 Å². The first kappa shape index (κ1) is 7.41. The van der Waals surface area contributed by atoms with Crippen LogP contribution in [0.5, 0.6) is 0 Å². The van der Waals surface area contributed by atoms with E-state index in [1.807, 2.05) is 0 Å². The molecule has 0 bridgehead atoms. The van der Waals surface area contributed by atoms with Gasteiger partial charge in [0.1, 0.15) is 6.08 Å². The standard InChI is InChI=1S/C10H15N3O6/c1-5-17-9(14)10(4,6(2)19-13(15)16)8-11-7(3)18-12-8/h6H,5H2,1-4H3/i2D3,4D3,6D. The number of hydrogen-bond donors (Lipinski definition) is 0. The van der Waals surface area contributed by atoms with Crippen molar-refractivity contribution in [2.75, 3.05) is 6.61 Å². The predicted molar refractivity (Wildman–Crippen MR) is 60.6 cm³/mol. The van der Waals surface area contributed by atoms with E-state index in [9.17, 15) is 14.9 Å². The van der Waals surface area contributed by atoms with Crippen LogP contribution in [-0.2, 0) is 19.8 Å². The SMILES string of the molecule is [2H]C([2H])([2H])C([2H])(O[N+](=O)[O-])C(C(=O)OCC)(c1noc(C)n1)C([2H])([2H])[2H]. The Balaban J connectivity index is 4.03. The van der Waals surface area contributed by atoms with Gasteiger partial charge in [0.15, 0.2) is 11.2 Å². The summed E-state index contributed by atoms with van der Waals surface area (Å²) in [5, 5.41) is 12.4. The molecule has 0 N–H and O–H groups in total. The highest BCUT2D eigenvalue weighted by Gasteiger charge is 2.48. The summed E-state index contributed by atoms with van der Waals surface area (Å²) in [6, 6.07) is 0. The number of rotatable bonds is 6. The molecule has 1 aromatic heterocycles. The number of ether oxygens (including phenoxy) is 1. The minimum absolute atomic E-state index is 0.285. The lowest BCUT2D eigenvalue weighted by Crippen LogP contribution is -2.46. The van der Waals surface area contributed by atoms with Gasteiger partial charge in [-0.15, -0.1) is 10.1 Å². The van der Waals surface area contributed by atoms with Crippen molar-refractivity contribution >= 4 is 5.97 Å². The van der Waals surface area contributed by atoms with Crippen LogP contribution in [0.25, 0.3) is 0 Å². The van der Waals surface area contributed by atoms with Crippen molar-refractivity contribution < 1.29 is 33.6 Å². The van der Waals surface area contributed by atoms with Crippen LogP contribution in [0, 0.1) is 17.0 Å². The Morgan fingerprint density at radius 3 is 2.95 bits per heavy atom. The highest BCUT2D eigenvalue weighted by molar-refractivity contribution is 5.82. The van der Waals surface area contributed by atoms with Crippen LogP contribution in [0.2, 0.25) is 0 Å². The molecule has 0 aliphatic rings. The molecule has 0 aromatic carbocycles. The third kappa shape index (κ3) is 2.98. The van der Waals surface area contributed by atoms with E-state index in [0.29, 0.717) is 0 Å². The number of aryl methyl sites for hydroxylation is 1. The van der Waals surface area contributed by atoms with Gasteiger partial charge in [-0.3, -0.25) is 4.79 Å². The second-order valence-electron chi connectivity index (χ2n) is 3.25. The number of nitrogens with zero attached hydrogens (tertiary/aromatic N) is 3. The Bertz CT molecular complexity index is 689. The fourth-order valence-electron chi connectivity index (χ4n) is 1.12. The van der Waals surface area contributed by atoms with E-state index in [4.69, 9.17) is 9.60 Å². The molecule has 2 atom stereocenters. The Labute approximate surface area is 118 Å². The summed E-state index contributed by atoms with van der Waals surface area (Å²) in [5.74, 6) is -3.21. The van der Waals surface area contributed by atoms with Gasteiger partial charge in [-0.25, -0.2) is 0 Å². The molecule has 0 amide bonds.